The van der Waals surface area contributed by atoms with Crippen LogP contribution in [0, 0.1) is 0 Å². The van der Waals surface area contributed by atoms with Crippen molar-refractivity contribution in [2.75, 3.05) is 0 Å². The highest BCUT2D eigenvalue weighted by molar-refractivity contribution is 6.34. The smallest absolute Gasteiger partial charge is 0.207 e. The Labute approximate surface area is 165 Å². The molecule has 0 saturated heterocycles. The first-order valence-electron chi connectivity index (χ1n) is 7.57. The molecule has 28 heavy (non-hydrogen) atoms. The van der Waals surface area contributed by atoms with Crippen LogP contribution in [0.3, 0.4) is 0 Å². The van der Waals surface area contributed by atoms with E-state index in [2.05, 4.69) is 6.58 Å². The van der Waals surface area contributed by atoms with Crippen LogP contribution in [-0.4, -0.2) is 6.18 Å². The molecule has 0 aliphatic carbocycles. The average Bonchev–Trinajstić information content (AvgIpc) is 2.56. The van der Waals surface area contributed by atoms with E-state index in [0.717, 1.165) is 30.3 Å². The zero-order chi connectivity index (χ0) is 21.3. The van der Waals surface area contributed by atoms with Gasteiger partial charge in [0, 0.05) is 15.6 Å². The van der Waals surface area contributed by atoms with Gasteiger partial charge in [-0.25, -0.2) is 4.39 Å². The molecule has 0 amide bonds. The molecule has 1 unspecified atom stereocenters. The fourth-order valence-electron chi connectivity index (χ4n) is 2.51. The number of alkyl halides is 6. The summed E-state index contributed by atoms with van der Waals surface area (Å²) in [5.74, 6) is -3.93. The lowest BCUT2D eigenvalue weighted by Gasteiger charge is -2.19. The molecule has 150 valence electrons. The van der Waals surface area contributed by atoms with E-state index in [-0.39, 0.29) is 21.7 Å². The van der Waals surface area contributed by atoms with E-state index in [1.54, 1.807) is 0 Å². The van der Waals surface area contributed by atoms with E-state index in [4.69, 9.17) is 23.2 Å². The van der Waals surface area contributed by atoms with Crippen LogP contribution in [0.15, 0.2) is 49.1 Å². The number of rotatable bonds is 4. The van der Waals surface area contributed by atoms with Gasteiger partial charge in [0.25, 0.3) is 0 Å². The fraction of sp³-hybridized carbons (Fsp3) is 0.158. The van der Waals surface area contributed by atoms with Crippen molar-refractivity contribution in [3.63, 3.8) is 0 Å². The van der Waals surface area contributed by atoms with Crippen LogP contribution in [-0.2, 0) is 6.18 Å². The highest BCUT2D eigenvalue weighted by Crippen LogP contribution is 2.41. The van der Waals surface area contributed by atoms with Crippen molar-refractivity contribution in [1.29, 1.82) is 0 Å². The second-order valence-electron chi connectivity index (χ2n) is 5.74. The van der Waals surface area contributed by atoms with E-state index in [9.17, 15) is 30.7 Å². The van der Waals surface area contributed by atoms with Gasteiger partial charge in [-0.1, -0.05) is 48.0 Å². The molecule has 0 fully saturated rings. The van der Waals surface area contributed by atoms with Gasteiger partial charge in [-0.05, 0) is 41.5 Å². The van der Waals surface area contributed by atoms with Gasteiger partial charge in [0.2, 0.25) is 0 Å². The first-order chi connectivity index (χ1) is 12.8. The normalized spacial score (nSPS) is 14.1. The van der Waals surface area contributed by atoms with Gasteiger partial charge < -0.3 is 0 Å². The molecule has 0 radical (unpaired) electrons. The Balaban J connectivity index is 2.58. The Morgan fingerprint density at radius 2 is 1.50 bits per heavy atom. The Hall–Kier alpha value is -1.99. The van der Waals surface area contributed by atoms with Gasteiger partial charge in [-0.3, -0.25) is 0 Å². The van der Waals surface area contributed by atoms with Gasteiger partial charge in [-0.2, -0.15) is 26.3 Å². The molecular formula is C19H11Cl2F7. The topological polar surface area (TPSA) is 0 Å². The summed E-state index contributed by atoms with van der Waals surface area (Å²) in [7, 11) is 0. The maximum absolute atomic E-state index is 14.5. The van der Waals surface area contributed by atoms with Crippen LogP contribution in [0.2, 0.25) is 10.0 Å². The van der Waals surface area contributed by atoms with Crippen molar-refractivity contribution in [1.82, 2.24) is 0 Å². The number of hydrogen-bond acceptors (Lipinski definition) is 0. The summed E-state index contributed by atoms with van der Waals surface area (Å²) < 4.78 is 94.1. The van der Waals surface area contributed by atoms with E-state index >= 15 is 0 Å². The summed E-state index contributed by atoms with van der Waals surface area (Å²) in [5.41, 5.74) is -2.63. The summed E-state index contributed by atoms with van der Waals surface area (Å²) in [4.78, 5) is 0. The van der Waals surface area contributed by atoms with Crippen molar-refractivity contribution >= 4 is 35.1 Å². The third kappa shape index (κ3) is 5.29. The zero-order valence-electron chi connectivity index (χ0n) is 13.8. The summed E-state index contributed by atoms with van der Waals surface area (Å²) in [6.07, 6.45) is -8.66. The third-order valence-corrected chi connectivity index (χ3v) is 4.20. The number of halogens is 9. The van der Waals surface area contributed by atoms with Crippen molar-refractivity contribution in [2.45, 2.75) is 18.3 Å². The number of benzene rings is 2. The molecule has 0 saturated carbocycles. The summed E-state index contributed by atoms with van der Waals surface area (Å²) in [6, 6.07) is 5.41. The van der Waals surface area contributed by atoms with Crippen molar-refractivity contribution in [2.24, 2.45) is 0 Å². The molecule has 0 bridgehead atoms. The second-order valence-corrected chi connectivity index (χ2v) is 6.61. The molecule has 0 aliphatic rings. The van der Waals surface area contributed by atoms with E-state index in [1.807, 2.05) is 0 Å². The fourth-order valence-corrected chi connectivity index (χ4v) is 3.05. The minimum Gasteiger partial charge on any atom is -0.207 e. The van der Waals surface area contributed by atoms with Gasteiger partial charge in [0.15, 0.2) is 0 Å². The van der Waals surface area contributed by atoms with Gasteiger partial charge in [0.1, 0.15) is 11.7 Å². The third-order valence-electron chi connectivity index (χ3n) is 3.76. The van der Waals surface area contributed by atoms with Crippen LogP contribution in [0.5, 0.6) is 0 Å². The van der Waals surface area contributed by atoms with Crippen LogP contribution >= 0.6 is 23.2 Å². The zero-order valence-corrected chi connectivity index (χ0v) is 15.3. The Morgan fingerprint density at radius 3 is 1.96 bits per heavy atom. The highest BCUT2D eigenvalue weighted by atomic mass is 35.5. The molecule has 2 aromatic carbocycles. The average molecular weight is 443 g/mol. The van der Waals surface area contributed by atoms with Crippen molar-refractivity contribution < 1.29 is 30.7 Å². The molecule has 2 aromatic rings. The summed E-state index contributed by atoms with van der Waals surface area (Å²) >= 11 is 11.4. The molecular weight excluding hydrogens is 432 g/mol. The molecule has 0 aliphatic heterocycles. The minimum atomic E-state index is -4.93. The van der Waals surface area contributed by atoms with Gasteiger partial charge >= 0.3 is 12.4 Å². The monoisotopic (exact) mass is 442 g/mol. The van der Waals surface area contributed by atoms with Gasteiger partial charge in [-0.15, -0.1) is 0 Å². The first-order valence-corrected chi connectivity index (χ1v) is 8.32. The molecule has 0 aromatic heterocycles. The highest BCUT2D eigenvalue weighted by Gasteiger charge is 2.40. The largest absolute Gasteiger partial charge is 0.417 e. The molecule has 0 nitrogen and oxygen atoms in total. The Bertz CT molecular complexity index is 891. The van der Waals surface area contributed by atoms with E-state index < -0.39 is 40.8 Å². The lowest BCUT2D eigenvalue weighted by molar-refractivity contribution is -0.140. The summed E-state index contributed by atoms with van der Waals surface area (Å²) in [6.45, 7) is 3.23. The molecule has 0 heterocycles. The quantitative estimate of drug-likeness (QED) is 0.417. The number of hydrogen-bond donors (Lipinski definition) is 0. The predicted molar refractivity (Wildman–Crippen MR) is 95.9 cm³/mol. The maximum Gasteiger partial charge on any atom is 0.417 e. The van der Waals surface area contributed by atoms with Crippen LogP contribution < -0.4 is 0 Å². The molecule has 0 spiro atoms. The van der Waals surface area contributed by atoms with Crippen LogP contribution in [0.1, 0.15) is 28.2 Å². The maximum atomic E-state index is 14.5. The second kappa shape index (κ2) is 8.17. The molecule has 0 N–H and O–H groups in total. The first kappa shape index (κ1) is 22.3. The van der Waals surface area contributed by atoms with Crippen LogP contribution in [0.25, 0.3) is 11.9 Å². The lowest BCUT2D eigenvalue weighted by atomic mass is 9.95. The van der Waals surface area contributed by atoms with Crippen LogP contribution in [0.4, 0.5) is 30.7 Å². The Morgan fingerprint density at radius 1 is 0.929 bits per heavy atom. The summed E-state index contributed by atoms with van der Waals surface area (Å²) in [5, 5.41) is -0.194. The van der Waals surface area contributed by atoms with E-state index in [1.165, 1.54) is 6.07 Å². The molecule has 2 rings (SSSR count). The SMILES string of the molecule is C=Cc1ccc(/C(F)=C/C(c2cc(Cl)cc(Cl)c2)C(F)(F)F)cc1C(F)(F)F. The Kier molecular flexibility index (Phi) is 6.51. The van der Waals surface area contributed by atoms with Crippen molar-refractivity contribution in [3.8, 4) is 0 Å². The molecule has 9 heteroatoms. The van der Waals surface area contributed by atoms with Gasteiger partial charge in [0.05, 0.1) is 5.56 Å². The lowest BCUT2D eigenvalue weighted by Crippen LogP contribution is -2.19. The van der Waals surface area contributed by atoms with E-state index in [0.29, 0.717) is 6.07 Å². The standard InChI is InChI=1S/C19H11Cl2F7/c1-2-10-3-4-11(7-15(10)18(23,24)25)17(22)9-16(19(26,27)28)12-5-13(20)8-14(21)6-12/h2-9,16H,1H2/b17-9-. The minimum absolute atomic E-state index is 0.0970. The number of allylic oxidation sites excluding steroid dienone is 1. The molecule has 1 atom stereocenters. The predicted octanol–water partition coefficient (Wildman–Crippen LogP) is 8.31. The van der Waals surface area contributed by atoms with Crippen molar-refractivity contribution in [3.05, 3.63) is 81.4 Å².